The van der Waals surface area contributed by atoms with E-state index in [9.17, 15) is 14.4 Å². The normalized spacial score (nSPS) is 15.7. The molecule has 6 nitrogen and oxygen atoms in total. The molecule has 1 fully saturated rings. The molecular formula is C14H24N2O4. The van der Waals surface area contributed by atoms with E-state index in [0.29, 0.717) is 26.1 Å². The van der Waals surface area contributed by atoms with Gasteiger partial charge in [-0.1, -0.05) is 6.42 Å². The van der Waals surface area contributed by atoms with Crippen molar-refractivity contribution in [2.24, 2.45) is 0 Å². The third kappa shape index (κ3) is 5.59. The molecule has 1 saturated heterocycles. The molecule has 1 heterocycles. The van der Waals surface area contributed by atoms with E-state index in [0.717, 1.165) is 19.3 Å². The van der Waals surface area contributed by atoms with E-state index in [1.165, 1.54) is 4.90 Å². The Hall–Kier alpha value is -1.59. The zero-order chi connectivity index (χ0) is 15.0. The summed E-state index contributed by atoms with van der Waals surface area (Å²) in [5.74, 6) is -0.391. The molecule has 1 aliphatic heterocycles. The van der Waals surface area contributed by atoms with Gasteiger partial charge in [0.25, 0.3) is 0 Å². The van der Waals surface area contributed by atoms with E-state index in [1.54, 1.807) is 18.9 Å². The van der Waals surface area contributed by atoms with Crippen molar-refractivity contribution in [1.82, 2.24) is 9.80 Å². The Morgan fingerprint density at radius 2 is 2.05 bits per heavy atom. The van der Waals surface area contributed by atoms with Crippen LogP contribution in [-0.4, -0.2) is 60.9 Å². The predicted octanol–water partition coefficient (Wildman–Crippen LogP) is 0.801. The van der Waals surface area contributed by atoms with Gasteiger partial charge in [-0.05, 0) is 19.8 Å². The number of likely N-dealkylation sites (tertiary alicyclic amines) is 1. The topological polar surface area (TPSA) is 66.9 Å². The van der Waals surface area contributed by atoms with E-state index in [4.69, 9.17) is 4.74 Å². The second kappa shape index (κ2) is 8.55. The lowest BCUT2D eigenvalue weighted by molar-refractivity contribution is -0.144. The van der Waals surface area contributed by atoms with Gasteiger partial charge in [0.2, 0.25) is 11.8 Å². The van der Waals surface area contributed by atoms with Crippen LogP contribution in [0.25, 0.3) is 0 Å². The van der Waals surface area contributed by atoms with Crippen LogP contribution in [0, 0.1) is 0 Å². The van der Waals surface area contributed by atoms with Gasteiger partial charge < -0.3 is 14.5 Å². The number of rotatable bonds is 6. The number of hydrogen-bond donors (Lipinski definition) is 0. The van der Waals surface area contributed by atoms with Crippen molar-refractivity contribution in [3.8, 4) is 0 Å². The molecule has 0 aromatic heterocycles. The van der Waals surface area contributed by atoms with Gasteiger partial charge >= 0.3 is 5.97 Å². The summed E-state index contributed by atoms with van der Waals surface area (Å²) in [6.07, 6.45) is 3.60. The quantitative estimate of drug-likeness (QED) is 0.677. The van der Waals surface area contributed by atoms with Crippen LogP contribution in [0.2, 0.25) is 0 Å². The Morgan fingerprint density at radius 3 is 2.75 bits per heavy atom. The molecule has 0 aromatic rings. The molecule has 0 aliphatic carbocycles. The first kappa shape index (κ1) is 16.5. The Morgan fingerprint density at radius 1 is 1.30 bits per heavy atom. The van der Waals surface area contributed by atoms with Crippen molar-refractivity contribution in [3.05, 3.63) is 0 Å². The fraction of sp³-hybridized carbons (Fsp3) is 0.786. The number of carbonyl (C=O) groups excluding carboxylic acids is 3. The highest BCUT2D eigenvalue weighted by Crippen LogP contribution is 2.11. The molecule has 0 unspecified atom stereocenters. The van der Waals surface area contributed by atoms with E-state index in [2.05, 4.69) is 0 Å². The van der Waals surface area contributed by atoms with Gasteiger partial charge in [-0.25, -0.2) is 0 Å². The Bertz CT molecular complexity index is 357. The zero-order valence-corrected chi connectivity index (χ0v) is 12.4. The second-order valence-electron chi connectivity index (χ2n) is 5.00. The number of nitrogens with zero attached hydrogens (tertiary/aromatic N) is 2. The van der Waals surface area contributed by atoms with Crippen LogP contribution in [0.4, 0.5) is 0 Å². The number of hydrogen-bond acceptors (Lipinski definition) is 4. The summed E-state index contributed by atoms with van der Waals surface area (Å²) in [4.78, 5) is 38.2. The molecule has 0 atom stereocenters. The highest BCUT2D eigenvalue weighted by atomic mass is 16.5. The van der Waals surface area contributed by atoms with Gasteiger partial charge in [-0.3, -0.25) is 14.4 Å². The Balaban J connectivity index is 2.36. The van der Waals surface area contributed by atoms with Crippen LogP contribution in [-0.2, 0) is 19.1 Å². The summed E-state index contributed by atoms with van der Waals surface area (Å²) >= 11 is 0. The summed E-state index contributed by atoms with van der Waals surface area (Å²) in [5.41, 5.74) is 0. The maximum atomic E-state index is 12.0. The van der Waals surface area contributed by atoms with Gasteiger partial charge in [0.1, 0.15) is 0 Å². The minimum atomic E-state index is -0.307. The predicted molar refractivity (Wildman–Crippen MR) is 73.9 cm³/mol. The summed E-state index contributed by atoms with van der Waals surface area (Å²) in [7, 11) is 1.64. The smallest absolute Gasteiger partial charge is 0.307 e. The second-order valence-corrected chi connectivity index (χ2v) is 5.00. The summed E-state index contributed by atoms with van der Waals surface area (Å²) < 4.78 is 4.81. The molecule has 0 bridgehead atoms. The Kier molecular flexibility index (Phi) is 7.04. The van der Waals surface area contributed by atoms with Crippen molar-refractivity contribution in [2.45, 2.75) is 39.0 Å². The standard InChI is InChI=1S/C14H24N2O4/c1-3-20-14(19)8-10-15(2)13(18)11-16-9-6-4-5-7-12(16)17/h3-11H2,1-2H3. The van der Waals surface area contributed by atoms with Crippen molar-refractivity contribution in [2.75, 3.05) is 33.3 Å². The largest absolute Gasteiger partial charge is 0.466 e. The molecule has 0 radical (unpaired) electrons. The molecule has 2 amide bonds. The van der Waals surface area contributed by atoms with Gasteiger partial charge in [0.15, 0.2) is 0 Å². The molecule has 1 rings (SSSR count). The average molecular weight is 284 g/mol. The van der Waals surface area contributed by atoms with Crippen molar-refractivity contribution in [1.29, 1.82) is 0 Å². The number of amides is 2. The van der Waals surface area contributed by atoms with E-state index in [1.807, 2.05) is 0 Å². The Labute approximate surface area is 120 Å². The fourth-order valence-electron chi connectivity index (χ4n) is 2.11. The third-order valence-corrected chi connectivity index (χ3v) is 3.38. The van der Waals surface area contributed by atoms with Crippen LogP contribution >= 0.6 is 0 Å². The first-order valence-electron chi connectivity index (χ1n) is 7.22. The molecule has 0 spiro atoms. The van der Waals surface area contributed by atoms with Crippen LogP contribution in [0.3, 0.4) is 0 Å². The SMILES string of the molecule is CCOC(=O)CCN(C)C(=O)CN1CCCCCC1=O. The number of likely N-dealkylation sites (N-methyl/N-ethyl adjacent to an activating group) is 1. The molecule has 1 aliphatic rings. The highest BCUT2D eigenvalue weighted by Gasteiger charge is 2.21. The number of esters is 1. The van der Waals surface area contributed by atoms with Gasteiger partial charge in [0, 0.05) is 26.6 Å². The van der Waals surface area contributed by atoms with Crippen LogP contribution in [0.5, 0.6) is 0 Å². The first-order valence-corrected chi connectivity index (χ1v) is 7.22. The minimum Gasteiger partial charge on any atom is -0.466 e. The lowest BCUT2D eigenvalue weighted by atomic mass is 10.2. The van der Waals surface area contributed by atoms with Crippen molar-refractivity contribution in [3.63, 3.8) is 0 Å². The fourth-order valence-corrected chi connectivity index (χ4v) is 2.11. The molecule has 0 aromatic carbocycles. The molecule has 114 valence electrons. The first-order chi connectivity index (χ1) is 9.54. The van der Waals surface area contributed by atoms with E-state index >= 15 is 0 Å². The van der Waals surface area contributed by atoms with Crippen LogP contribution in [0.15, 0.2) is 0 Å². The van der Waals surface area contributed by atoms with Crippen LogP contribution < -0.4 is 0 Å². The lowest BCUT2D eigenvalue weighted by Gasteiger charge is -2.23. The van der Waals surface area contributed by atoms with E-state index in [-0.39, 0.29) is 30.7 Å². The summed E-state index contributed by atoms with van der Waals surface area (Å²) in [6, 6.07) is 0. The van der Waals surface area contributed by atoms with E-state index < -0.39 is 0 Å². The highest BCUT2D eigenvalue weighted by molar-refractivity contribution is 5.85. The minimum absolute atomic E-state index is 0.0506. The maximum Gasteiger partial charge on any atom is 0.307 e. The van der Waals surface area contributed by atoms with Crippen molar-refractivity contribution < 1.29 is 19.1 Å². The average Bonchev–Trinajstić information content (AvgIpc) is 2.61. The summed E-state index contributed by atoms with van der Waals surface area (Å²) in [5, 5.41) is 0. The van der Waals surface area contributed by atoms with Gasteiger partial charge in [0.05, 0.1) is 19.6 Å². The molecule has 20 heavy (non-hydrogen) atoms. The molecule has 0 saturated carbocycles. The van der Waals surface area contributed by atoms with Crippen LogP contribution in [0.1, 0.15) is 39.0 Å². The zero-order valence-electron chi connectivity index (χ0n) is 12.4. The maximum absolute atomic E-state index is 12.0. The van der Waals surface area contributed by atoms with Gasteiger partial charge in [-0.15, -0.1) is 0 Å². The molecular weight excluding hydrogens is 260 g/mol. The summed E-state index contributed by atoms with van der Waals surface area (Å²) in [6.45, 7) is 3.17. The van der Waals surface area contributed by atoms with Gasteiger partial charge in [-0.2, -0.15) is 0 Å². The third-order valence-electron chi connectivity index (χ3n) is 3.38. The molecule has 0 N–H and O–H groups in total. The number of carbonyl (C=O) groups is 3. The molecule has 6 heteroatoms. The lowest BCUT2D eigenvalue weighted by Crippen LogP contribution is -2.41. The monoisotopic (exact) mass is 284 g/mol. The van der Waals surface area contributed by atoms with Crippen molar-refractivity contribution >= 4 is 17.8 Å². The number of ether oxygens (including phenoxy) is 1.